The van der Waals surface area contributed by atoms with Crippen molar-refractivity contribution in [2.75, 3.05) is 40.3 Å². The fourth-order valence-corrected chi connectivity index (χ4v) is 2.89. The van der Waals surface area contributed by atoms with Crippen molar-refractivity contribution in [2.45, 2.75) is 18.9 Å². The van der Waals surface area contributed by atoms with Crippen LogP contribution in [0.5, 0.6) is 0 Å². The van der Waals surface area contributed by atoms with E-state index in [1.807, 2.05) is 30.3 Å². The molecule has 0 spiro atoms. The summed E-state index contributed by atoms with van der Waals surface area (Å²) in [4.78, 5) is 4.76. The fourth-order valence-electron chi connectivity index (χ4n) is 2.89. The molecule has 106 valence electrons. The normalized spacial score (nSPS) is 22.0. The maximum atomic E-state index is 10.1. The Morgan fingerprint density at radius 1 is 1.37 bits per heavy atom. The highest BCUT2D eigenvalue weighted by Crippen LogP contribution is 2.18. The van der Waals surface area contributed by atoms with Crippen LogP contribution in [0.15, 0.2) is 30.3 Å². The van der Waals surface area contributed by atoms with Gasteiger partial charge in [-0.2, -0.15) is 0 Å². The van der Waals surface area contributed by atoms with Gasteiger partial charge in [-0.1, -0.05) is 30.3 Å². The molecule has 0 aromatic heterocycles. The molecule has 0 bridgehead atoms. The number of rotatable bonds is 6. The summed E-state index contributed by atoms with van der Waals surface area (Å²) in [5.74, 6) is 0.795. The Morgan fingerprint density at radius 3 is 2.74 bits per heavy atom. The zero-order valence-electron chi connectivity index (χ0n) is 12.1. The van der Waals surface area contributed by atoms with Crippen LogP contribution in [0.25, 0.3) is 0 Å². The topological polar surface area (TPSA) is 26.7 Å². The van der Waals surface area contributed by atoms with Gasteiger partial charge in [-0.05, 0) is 45.0 Å². The van der Waals surface area contributed by atoms with Crippen molar-refractivity contribution >= 4 is 0 Å². The molecule has 1 aliphatic rings. The van der Waals surface area contributed by atoms with E-state index in [0.717, 1.165) is 31.0 Å². The third-order valence-corrected chi connectivity index (χ3v) is 4.03. The van der Waals surface area contributed by atoms with Crippen LogP contribution >= 0.6 is 0 Å². The van der Waals surface area contributed by atoms with E-state index in [1.54, 1.807) is 0 Å². The number of aliphatic hydroxyl groups is 1. The maximum Gasteiger partial charge on any atom is 0.0802 e. The highest BCUT2D eigenvalue weighted by molar-refractivity contribution is 5.17. The maximum absolute atomic E-state index is 10.1. The molecule has 1 aromatic carbocycles. The van der Waals surface area contributed by atoms with E-state index < -0.39 is 0 Å². The van der Waals surface area contributed by atoms with Gasteiger partial charge in [0.2, 0.25) is 0 Å². The Labute approximate surface area is 116 Å². The summed E-state index contributed by atoms with van der Waals surface area (Å²) in [7, 11) is 4.36. The van der Waals surface area contributed by atoms with Gasteiger partial charge >= 0.3 is 0 Å². The van der Waals surface area contributed by atoms with Crippen molar-refractivity contribution in [3.8, 4) is 0 Å². The number of hydrogen-bond donors (Lipinski definition) is 1. The van der Waals surface area contributed by atoms with E-state index in [0.29, 0.717) is 0 Å². The number of likely N-dealkylation sites (tertiary alicyclic amines) is 1. The summed E-state index contributed by atoms with van der Waals surface area (Å²) in [6, 6.07) is 9.94. The van der Waals surface area contributed by atoms with E-state index in [4.69, 9.17) is 0 Å². The minimum absolute atomic E-state index is 0.338. The highest BCUT2D eigenvalue weighted by atomic mass is 16.3. The van der Waals surface area contributed by atoms with E-state index in [-0.39, 0.29) is 6.10 Å². The van der Waals surface area contributed by atoms with Crippen LogP contribution in [0.1, 0.15) is 24.5 Å². The summed E-state index contributed by atoms with van der Waals surface area (Å²) >= 11 is 0. The zero-order chi connectivity index (χ0) is 13.7. The predicted octanol–water partition coefficient (Wildman–Crippen LogP) is 1.99. The van der Waals surface area contributed by atoms with Crippen molar-refractivity contribution in [2.24, 2.45) is 5.92 Å². The van der Waals surface area contributed by atoms with Crippen molar-refractivity contribution in [1.29, 1.82) is 0 Å². The molecule has 1 N–H and O–H groups in total. The smallest absolute Gasteiger partial charge is 0.0802 e. The first kappa shape index (κ1) is 14.5. The second kappa shape index (κ2) is 7.04. The molecule has 0 aliphatic carbocycles. The molecule has 2 unspecified atom stereocenters. The van der Waals surface area contributed by atoms with E-state index >= 15 is 0 Å². The standard InChI is InChI=1S/C16H26N2O/c1-17-10-8-14(12-17)13-18(2)11-9-16(19)15-6-4-3-5-7-15/h3-7,14,16,19H,8-13H2,1-2H3. The van der Waals surface area contributed by atoms with Crippen LogP contribution < -0.4 is 0 Å². The van der Waals surface area contributed by atoms with Crippen LogP contribution in [0.4, 0.5) is 0 Å². The molecule has 1 fully saturated rings. The van der Waals surface area contributed by atoms with Gasteiger partial charge in [0.25, 0.3) is 0 Å². The number of aliphatic hydroxyl groups excluding tert-OH is 1. The van der Waals surface area contributed by atoms with Crippen LogP contribution in [0.3, 0.4) is 0 Å². The Morgan fingerprint density at radius 2 is 2.11 bits per heavy atom. The molecular formula is C16H26N2O. The van der Waals surface area contributed by atoms with Crippen molar-refractivity contribution in [3.05, 3.63) is 35.9 Å². The SMILES string of the molecule is CN1CCC(CN(C)CCC(O)c2ccccc2)C1. The van der Waals surface area contributed by atoms with Crippen LogP contribution in [-0.2, 0) is 0 Å². The number of hydrogen-bond acceptors (Lipinski definition) is 3. The second-order valence-corrected chi connectivity index (χ2v) is 5.89. The number of benzene rings is 1. The van der Waals surface area contributed by atoms with Gasteiger partial charge in [-0.3, -0.25) is 0 Å². The number of nitrogens with zero attached hydrogens (tertiary/aromatic N) is 2. The molecule has 19 heavy (non-hydrogen) atoms. The molecule has 0 radical (unpaired) electrons. The summed E-state index contributed by atoms with van der Waals surface area (Å²) in [6.45, 7) is 4.54. The monoisotopic (exact) mass is 262 g/mol. The lowest BCUT2D eigenvalue weighted by molar-refractivity contribution is 0.144. The Balaban J connectivity index is 1.70. The summed E-state index contributed by atoms with van der Waals surface area (Å²) in [5, 5.41) is 10.1. The molecule has 1 heterocycles. The summed E-state index contributed by atoms with van der Waals surface area (Å²) in [6.07, 6.45) is 1.78. The Kier molecular flexibility index (Phi) is 5.37. The molecule has 2 atom stereocenters. The first-order valence-electron chi connectivity index (χ1n) is 7.25. The minimum Gasteiger partial charge on any atom is -0.388 e. The molecule has 0 amide bonds. The first-order chi connectivity index (χ1) is 9.15. The van der Waals surface area contributed by atoms with Crippen LogP contribution in [0.2, 0.25) is 0 Å². The third kappa shape index (κ3) is 4.60. The minimum atomic E-state index is -0.338. The van der Waals surface area contributed by atoms with Gasteiger partial charge in [0.15, 0.2) is 0 Å². The van der Waals surface area contributed by atoms with Crippen molar-refractivity contribution < 1.29 is 5.11 Å². The third-order valence-electron chi connectivity index (χ3n) is 4.03. The molecule has 3 nitrogen and oxygen atoms in total. The van der Waals surface area contributed by atoms with E-state index in [1.165, 1.54) is 19.5 Å². The van der Waals surface area contributed by atoms with Crippen molar-refractivity contribution in [3.63, 3.8) is 0 Å². The van der Waals surface area contributed by atoms with Gasteiger partial charge in [-0.25, -0.2) is 0 Å². The molecule has 1 aliphatic heterocycles. The molecular weight excluding hydrogens is 236 g/mol. The summed E-state index contributed by atoms with van der Waals surface area (Å²) in [5.41, 5.74) is 1.02. The summed E-state index contributed by atoms with van der Waals surface area (Å²) < 4.78 is 0. The lowest BCUT2D eigenvalue weighted by Gasteiger charge is -2.22. The van der Waals surface area contributed by atoms with Gasteiger partial charge in [-0.15, -0.1) is 0 Å². The quantitative estimate of drug-likeness (QED) is 0.849. The van der Waals surface area contributed by atoms with Crippen LogP contribution in [-0.4, -0.2) is 55.2 Å². The molecule has 2 rings (SSSR count). The van der Waals surface area contributed by atoms with E-state index in [9.17, 15) is 5.11 Å². The fraction of sp³-hybridized carbons (Fsp3) is 0.625. The van der Waals surface area contributed by atoms with Gasteiger partial charge in [0, 0.05) is 19.6 Å². The van der Waals surface area contributed by atoms with Crippen LogP contribution in [0, 0.1) is 5.92 Å². The molecule has 3 heteroatoms. The molecule has 0 saturated carbocycles. The van der Waals surface area contributed by atoms with Gasteiger partial charge < -0.3 is 14.9 Å². The van der Waals surface area contributed by atoms with Gasteiger partial charge in [0.1, 0.15) is 0 Å². The van der Waals surface area contributed by atoms with E-state index in [2.05, 4.69) is 23.9 Å². The van der Waals surface area contributed by atoms with Crippen molar-refractivity contribution in [1.82, 2.24) is 9.80 Å². The highest BCUT2D eigenvalue weighted by Gasteiger charge is 2.20. The molecule has 1 saturated heterocycles. The lowest BCUT2D eigenvalue weighted by Crippen LogP contribution is -2.29. The Hall–Kier alpha value is -0.900. The average molecular weight is 262 g/mol. The lowest BCUT2D eigenvalue weighted by atomic mass is 10.1. The largest absolute Gasteiger partial charge is 0.388 e. The Bertz CT molecular complexity index is 368. The molecule has 1 aromatic rings. The predicted molar refractivity (Wildman–Crippen MR) is 79.1 cm³/mol. The first-order valence-corrected chi connectivity index (χ1v) is 7.25. The zero-order valence-corrected chi connectivity index (χ0v) is 12.1. The van der Waals surface area contributed by atoms with Gasteiger partial charge in [0.05, 0.1) is 6.10 Å². The average Bonchev–Trinajstić information content (AvgIpc) is 2.82. The second-order valence-electron chi connectivity index (χ2n) is 5.89.